The molecule has 1 unspecified atom stereocenters. The van der Waals surface area contributed by atoms with Crippen LogP contribution in [0.5, 0.6) is 0 Å². The predicted octanol–water partition coefficient (Wildman–Crippen LogP) is 1.37. The van der Waals surface area contributed by atoms with Crippen molar-refractivity contribution in [2.45, 2.75) is 12.5 Å². The maximum absolute atomic E-state index is 5.51. The summed E-state index contributed by atoms with van der Waals surface area (Å²) in [6, 6.07) is 4.04. The van der Waals surface area contributed by atoms with E-state index in [1.807, 2.05) is 17.5 Å². The fourth-order valence-electron chi connectivity index (χ4n) is 1.34. The van der Waals surface area contributed by atoms with Crippen molar-refractivity contribution in [1.29, 1.82) is 0 Å². The topological polar surface area (TPSA) is 74.2 Å². The molecule has 0 amide bonds. The summed E-state index contributed by atoms with van der Waals surface area (Å²) in [4.78, 5) is 5.45. The van der Waals surface area contributed by atoms with Crippen molar-refractivity contribution in [2.24, 2.45) is 5.73 Å². The summed E-state index contributed by atoms with van der Waals surface area (Å²) in [5.74, 6) is 1.10. The molecule has 86 valence electrons. The number of ether oxygens (including phenoxy) is 1. The van der Waals surface area contributed by atoms with Crippen LogP contribution in [0.1, 0.15) is 22.7 Å². The molecular weight excluding hydrogens is 226 g/mol. The van der Waals surface area contributed by atoms with Crippen molar-refractivity contribution in [1.82, 2.24) is 10.1 Å². The first kappa shape index (κ1) is 11.3. The summed E-state index contributed by atoms with van der Waals surface area (Å²) in [6.45, 7) is 0.330. The Balaban J connectivity index is 2.07. The van der Waals surface area contributed by atoms with Gasteiger partial charge in [0.05, 0.1) is 0 Å². The second-order valence-electron chi connectivity index (χ2n) is 3.27. The number of nitrogens with zero attached hydrogens (tertiary/aromatic N) is 2. The van der Waals surface area contributed by atoms with Gasteiger partial charge in [-0.15, -0.1) is 11.3 Å². The molecule has 0 saturated carbocycles. The Kier molecular flexibility index (Phi) is 3.66. The highest BCUT2D eigenvalue weighted by Gasteiger charge is 2.16. The van der Waals surface area contributed by atoms with Gasteiger partial charge in [0.1, 0.15) is 6.10 Å². The maximum atomic E-state index is 5.51. The number of hydrogen-bond acceptors (Lipinski definition) is 6. The third kappa shape index (κ3) is 2.46. The molecule has 2 rings (SSSR count). The van der Waals surface area contributed by atoms with Crippen molar-refractivity contribution in [3.05, 3.63) is 34.1 Å². The van der Waals surface area contributed by atoms with Crippen molar-refractivity contribution in [3.8, 4) is 0 Å². The fraction of sp³-hybridized carbons (Fsp3) is 0.400. The van der Waals surface area contributed by atoms with Crippen LogP contribution in [0.4, 0.5) is 0 Å². The Morgan fingerprint density at radius 3 is 3.12 bits per heavy atom. The number of thiophene rings is 1. The van der Waals surface area contributed by atoms with Gasteiger partial charge in [0.25, 0.3) is 5.89 Å². The van der Waals surface area contributed by atoms with Crippen LogP contribution in [0.2, 0.25) is 0 Å². The second kappa shape index (κ2) is 5.20. The zero-order valence-electron chi connectivity index (χ0n) is 8.92. The van der Waals surface area contributed by atoms with Gasteiger partial charge in [0.15, 0.2) is 5.82 Å². The Labute approximate surface area is 97.2 Å². The minimum Gasteiger partial charge on any atom is -0.370 e. The quantitative estimate of drug-likeness (QED) is 0.853. The molecule has 0 aliphatic heterocycles. The van der Waals surface area contributed by atoms with Gasteiger partial charge in [-0.05, 0) is 11.4 Å². The van der Waals surface area contributed by atoms with Gasteiger partial charge in [-0.2, -0.15) is 4.98 Å². The van der Waals surface area contributed by atoms with Gasteiger partial charge in [-0.3, -0.25) is 0 Å². The predicted molar refractivity (Wildman–Crippen MR) is 60.2 cm³/mol. The van der Waals surface area contributed by atoms with E-state index in [2.05, 4.69) is 10.1 Å². The minimum absolute atomic E-state index is 0.315. The van der Waals surface area contributed by atoms with Crippen LogP contribution in [0.25, 0.3) is 0 Å². The highest BCUT2D eigenvalue weighted by molar-refractivity contribution is 7.09. The van der Waals surface area contributed by atoms with Crippen molar-refractivity contribution < 1.29 is 9.26 Å². The Bertz CT molecular complexity index is 423. The molecular formula is C10H13N3O2S. The first-order valence-corrected chi connectivity index (χ1v) is 5.79. The number of nitrogens with two attached hydrogens (primary N) is 1. The summed E-state index contributed by atoms with van der Waals surface area (Å²) in [5, 5.41) is 5.91. The molecule has 2 N–H and O–H groups in total. The normalized spacial score (nSPS) is 12.9. The Morgan fingerprint density at radius 1 is 1.62 bits per heavy atom. The van der Waals surface area contributed by atoms with E-state index in [9.17, 15) is 0 Å². The molecule has 0 saturated heterocycles. The van der Waals surface area contributed by atoms with Gasteiger partial charge >= 0.3 is 0 Å². The number of hydrogen-bond donors (Lipinski definition) is 1. The molecule has 2 aromatic heterocycles. The molecule has 0 aliphatic carbocycles. The molecule has 0 bridgehead atoms. The molecule has 5 nitrogen and oxygen atoms in total. The third-order valence-corrected chi connectivity index (χ3v) is 3.05. The van der Waals surface area contributed by atoms with E-state index >= 15 is 0 Å². The molecule has 6 heteroatoms. The summed E-state index contributed by atoms with van der Waals surface area (Å²) in [7, 11) is 1.57. The molecule has 0 spiro atoms. The lowest BCUT2D eigenvalue weighted by Gasteiger charge is -2.05. The Hall–Kier alpha value is -1.24. The van der Waals surface area contributed by atoms with E-state index in [0.29, 0.717) is 24.7 Å². The number of aromatic nitrogens is 2. The van der Waals surface area contributed by atoms with Crippen LogP contribution in [0.15, 0.2) is 22.0 Å². The second-order valence-corrected chi connectivity index (χ2v) is 4.30. The van der Waals surface area contributed by atoms with Gasteiger partial charge < -0.3 is 15.0 Å². The first-order chi connectivity index (χ1) is 7.83. The van der Waals surface area contributed by atoms with Crippen LogP contribution in [0.3, 0.4) is 0 Å². The molecule has 0 aromatic carbocycles. The highest BCUT2D eigenvalue weighted by atomic mass is 32.1. The molecule has 2 aromatic rings. The average molecular weight is 239 g/mol. The number of rotatable bonds is 5. The third-order valence-electron chi connectivity index (χ3n) is 2.17. The van der Waals surface area contributed by atoms with Crippen LogP contribution in [0, 0.1) is 0 Å². The van der Waals surface area contributed by atoms with Crippen molar-refractivity contribution in [2.75, 3.05) is 13.7 Å². The highest BCUT2D eigenvalue weighted by Crippen LogP contribution is 2.16. The van der Waals surface area contributed by atoms with E-state index in [-0.39, 0.29) is 6.10 Å². The van der Waals surface area contributed by atoms with Crippen molar-refractivity contribution >= 4 is 11.3 Å². The van der Waals surface area contributed by atoms with E-state index in [4.69, 9.17) is 15.0 Å². The fourth-order valence-corrected chi connectivity index (χ4v) is 2.04. The Morgan fingerprint density at radius 2 is 2.50 bits per heavy atom. The first-order valence-electron chi connectivity index (χ1n) is 4.91. The van der Waals surface area contributed by atoms with Crippen LogP contribution in [-0.2, 0) is 11.2 Å². The average Bonchev–Trinajstić information content (AvgIpc) is 2.93. The lowest BCUT2D eigenvalue weighted by atomic mass is 10.3. The summed E-state index contributed by atoms with van der Waals surface area (Å²) in [5.41, 5.74) is 5.51. The standard InChI is InChI=1S/C10H13N3O2S/c1-14-8(6-11)10-12-9(13-15-10)5-7-3-2-4-16-7/h2-4,8H,5-6,11H2,1H3. The molecule has 0 fully saturated rings. The van der Waals surface area contributed by atoms with Gasteiger partial charge in [-0.25, -0.2) is 0 Å². The van der Waals surface area contributed by atoms with Gasteiger partial charge in [0.2, 0.25) is 0 Å². The zero-order valence-corrected chi connectivity index (χ0v) is 9.74. The van der Waals surface area contributed by atoms with Gasteiger partial charge in [0, 0.05) is 25.0 Å². The smallest absolute Gasteiger partial charge is 0.257 e. The lowest BCUT2D eigenvalue weighted by molar-refractivity contribution is 0.0804. The monoisotopic (exact) mass is 239 g/mol. The van der Waals surface area contributed by atoms with Crippen LogP contribution in [-0.4, -0.2) is 23.8 Å². The summed E-state index contributed by atoms with van der Waals surface area (Å²) in [6.07, 6.45) is 0.368. The molecule has 0 aliphatic rings. The number of methoxy groups -OCH3 is 1. The van der Waals surface area contributed by atoms with Crippen molar-refractivity contribution in [3.63, 3.8) is 0 Å². The molecule has 0 radical (unpaired) electrons. The van der Waals surface area contributed by atoms with E-state index in [1.165, 1.54) is 4.88 Å². The molecule has 2 heterocycles. The molecule has 16 heavy (non-hydrogen) atoms. The lowest BCUT2D eigenvalue weighted by Crippen LogP contribution is -2.14. The van der Waals surface area contributed by atoms with Gasteiger partial charge in [-0.1, -0.05) is 11.2 Å². The maximum Gasteiger partial charge on any atom is 0.257 e. The van der Waals surface area contributed by atoms with E-state index in [0.717, 1.165) is 0 Å². The van der Waals surface area contributed by atoms with Crippen LogP contribution >= 0.6 is 11.3 Å². The summed E-state index contributed by atoms with van der Waals surface area (Å²) < 4.78 is 10.2. The van der Waals surface area contributed by atoms with Crippen LogP contribution < -0.4 is 5.73 Å². The zero-order chi connectivity index (χ0) is 11.4. The molecule has 1 atom stereocenters. The largest absolute Gasteiger partial charge is 0.370 e. The minimum atomic E-state index is -0.315. The van der Waals surface area contributed by atoms with E-state index in [1.54, 1.807) is 18.4 Å². The van der Waals surface area contributed by atoms with E-state index < -0.39 is 0 Å². The SMILES string of the molecule is COC(CN)c1nc(Cc2cccs2)no1. The summed E-state index contributed by atoms with van der Waals surface area (Å²) >= 11 is 1.67.